The molecule has 0 amide bonds. The van der Waals surface area contributed by atoms with Gasteiger partial charge in [0, 0.05) is 19.6 Å². The summed E-state index contributed by atoms with van der Waals surface area (Å²) in [7, 11) is 0. The molecule has 1 aromatic rings. The molecule has 2 rings (SSSR count). The lowest BCUT2D eigenvalue weighted by Crippen LogP contribution is -2.40. The Balaban J connectivity index is 0.000000656. The molecule has 1 saturated heterocycles. The van der Waals surface area contributed by atoms with E-state index >= 15 is 0 Å². The molecule has 1 heterocycles. The Labute approximate surface area is 180 Å². The van der Waals surface area contributed by atoms with Crippen LogP contribution in [0.2, 0.25) is 0 Å². The summed E-state index contributed by atoms with van der Waals surface area (Å²) in [5.41, 5.74) is 1.38. The Hall–Kier alpha value is -2.12. The van der Waals surface area contributed by atoms with E-state index in [0.29, 0.717) is 19.1 Å². The molecule has 170 valence electrons. The average molecular weight is 424 g/mol. The fourth-order valence-electron chi connectivity index (χ4n) is 3.62. The Morgan fingerprint density at radius 2 is 1.60 bits per heavy atom. The summed E-state index contributed by atoms with van der Waals surface area (Å²) >= 11 is 0. The molecule has 0 aliphatic carbocycles. The molecule has 1 fully saturated rings. The number of carboxylic acid groups (broad SMARTS) is 2. The normalized spacial score (nSPS) is 20.0. The largest absolute Gasteiger partial charge is 0.491 e. The molecule has 30 heavy (non-hydrogen) atoms. The van der Waals surface area contributed by atoms with Crippen LogP contribution in [-0.4, -0.2) is 66.5 Å². The minimum absolute atomic E-state index is 0.614. The van der Waals surface area contributed by atoms with Gasteiger partial charge in [0.05, 0.1) is 13.2 Å². The van der Waals surface area contributed by atoms with Crippen molar-refractivity contribution in [3.63, 3.8) is 0 Å². The first-order valence-electron chi connectivity index (χ1n) is 10.7. The molecule has 1 aliphatic heterocycles. The number of hydrogen-bond acceptors (Lipinski definition) is 5. The van der Waals surface area contributed by atoms with E-state index in [1.807, 2.05) is 0 Å². The number of hydrogen-bond donors (Lipinski definition) is 2. The standard InChI is InChI=1S/C21H35NO2.C2H2O4/c1-5-19(4)20-6-8-21(9-7-20)24-13-12-23-11-10-22-15-17(2)14-18(3)16-22;3-1(4)2(5)6/h6-9,17-19H,5,10-16H2,1-4H3;(H,3,4)(H,5,6). The highest BCUT2D eigenvalue weighted by Crippen LogP contribution is 2.22. The molecular weight excluding hydrogens is 386 g/mol. The van der Waals surface area contributed by atoms with Crippen LogP contribution in [0.3, 0.4) is 0 Å². The summed E-state index contributed by atoms with van der Waals surface area (Å²) in [5, 5.41) is 14.8. The number of nitrogens with zero attached hydrogens (tertiary/aromatic N) is 1. The van der Waals surface area contributed by atoms with E-state index in [0.717, 1.165) is 30.7 Å². The highest BCUT2D eigenvalue weighted by Gasteiger charge is 2.21. The molecular formula is C23H37NO6. The molecule has 0 saturated carbocycles. The predicted octanol–water partition coefficient (Wildman–Crippen LogP) is 3.73. The summed E-state index contributed by atoms with van der Waals surface area (Å²) in [5.74, 6) is -0.470. The van der Waals surface area contributed by atoms with Gasteiger partial charge in [-0.1, -0.05) is 39.8 Å². The van der Waals surface area contributed by atoms with Crippen LogP contribution in [-0.2, 0) is 14.3 Å². The summed E-state index contributed by atoms with van der Waals surface area (Å²) in [6.07, 6.45) is 2.53. The van der Waals surface area contributed by atoms with Crippen LogP contribution in [0.25, 0.3) is 0 Å². The van der Waals surface area contributed by atoms with Crippen molar-refractivity contribution in [1.82, 2.24) is 4.90 Å². The molecule has 1 aromatic carbocycles. The van der Waals surface area contributed by atoms with Gasteiger partial charge in [0.15, 0.2) is 0 Å². The van der Waals surface area contributed by atoms with E-state index in [1.54, 1.807) is 0 Å². The zero-order valence-electron chi connectivity index (χ0n) is 18.7. The van der Waals surface area contributed by atoms with Gasteiger partial charge in [-0.05, 0) is 48.3 Å². The Kier molecular flexibility index (Phi) is 12.1. The summed E-state index contributed by atoms with van der Waals surface area (Å²) in [6.45, 7) is 14.7. The number of aliphatic carboxylic acids is 2. The maximum atomic E-state index is 9.10. The van der Waals surface area contributed by atoms with E-state index in [9.17, 15) is 0 Å². The van der Waals surface area contributed by atoms with Crippen molar-refractivity contribution in [1.29, 1.82) is 0 Å². The lowest BCUT2D eigenvalue weighted by atomic mass is 9.92. The van der Waals surface area contributed by atoms with Crippen molar-refractivity contribution in [2.24, 2.45) is 11.8 Å². The lowest BCUT2D eigenvalue weighted by molar-refractivity contribution is -0.159. The Bertz CT molecular complexity index is 611. The lowest BCUT2D eigenvalue weighted by Gasteiger charge is -2.34. The van der Waals surface area contributed by atoms with Crippen molar-refractivity contribution in [2.75, 3.05) is 39.5 Å². The van der Waals surface area contributed by atoms with Crippen molar-refractivity contribution >= 4 is 11.9 Å². The first-order valence-corrected chi connectivity index (χ1v) is 10.7. The van der Waals surface area contributed by atoms with Crippen LogP contribution in [0.4, 0.5) is 0 Å². The monoisotopic (exact) mass is 423 g/mol. The molecule has 7 heteroatoms. The van der Waals surface area contributed by atoms with Crippen LogP contribution in [0.1, 0.15) is 52.0 Å². The second-order valence-electron chi connectivity index (χ2n) is 8.16. The van der Waals surface area contributed by atoms with E-state index in [1.165, 1.54) is 31.5 Å². The van der Waals surface area contributed by atoms with Gasteiger partial charge < -0.3 is 24.6 Å². The van der Waals surface area contributed by atoms with Gasteiger partial charge in [0.2, 0.25) is 0 Å². The van der Waals surface area contributed by atoms with Crippen LogP contribution >= 0.6 is 0 Å². The zero-order chi connectivity index (χ0) is 22.5. The van der Waals surface area contributed by atoms with E-state index in [-0.39, 0.29) is 0 Å². The number of piperidine rings is 1. The second-order valence-corrected chi connectivity index (χ2v) is 8.16. The number of rotatable bonds is 9. The van der Waals surface area contributed by atoms with E-state index < -0.39 is 11.9 Å². The van der Waals surface area contributed by atoms with Gasteiger partial charge in [-0.2, -0.15) is 0 Å². The summed E-state index contributed by atoms with van der Waals surface area (Å²) in [6, 6.07) is 8.47. The summed E-state index contributed by atoms with van der Waals surface area (Å²) < 4.78 is 11.5. The van der Waals surface area contributed by atoms with Gasteiger partial charge in [0.1, 0.15) is 12.4 Å². The van der Waals surface area contributed by atoms with Gasteiger partial charge in [-0.25, -0.2) is 9.59 Å². The topological polar surface area (TPSA) is 96.3 Å². The predicted molar refractivity (Wildman–Crippen MR) is 116 cm³/mol. The molecule has 7 nitrogen and oxygen atoms in total. The van der Waals surface area contributed by atoms with Crippen LogP contribution in [0.15, 0.2) is 24.3 Å². The fraction of sp³-hybridized carbons (Fsp3) is 0.652. The molecule has 0 spiro atoms. The highest BCUT2D eigenvalue weighted by molar-refractivity contribution is 6.27. The quantitative estimate of drug-likeness (QED) is 0.461. The number of carbonyl (C=O) groups is 2. The number of carboxylic acids is 2. The molecule has 2 N–H and O–H groups in total. The molecule has 3 atom stereocenters. The van der Waals surface area contributed by atoms with Crippen LogP contribution in [0, 0.1) is 11.8 Å². The summed E-state index contributed by atoms with van der Waals surface area (Å²) in [4.78, 5) is 20.7. The Morgan fingerprint density at radius 1 is 1.03 bits per heavy atom. The third-order valence-corrected chi connectivity index (χ3v) is 5.24. The van der Waals surface area contributed by atoms with Gasteiger partial charge in [0.25, 0.3) is 0 Å². The third-order valence-electron chi connectivity index (χ3n) is 5.24. The minimum Gasteiger partial charge on any atom is -0.491 e. The first-order chi connectivity index (χ1) is 14.2. The second kappa shape index (κ2) is 14.0. The smallest absolute Gasteiger partial charge is 0.414 e. The van der Waals surface area contributed by atoms with E-state index in [2.05, 4.69) is 56.9 Å². The van der Waals surface area contributed by atoms with Crippen molar-refractivity contribution in [2.45, 2.75) is 46.5 Å². The molecule has 0 bridgehead atoms. The fourth-order valence-corrected chi connectivity index (χ4v) is 3.62. The van der Waals surface area contributed by atoms with Gasteiger partial charge in [-0.15, -0.1) is 0 Å². The van der Waals surface area contributed by atoms with Gasteiger partial charge in [-0.3, -0.25) is 0 Å². The average Bonchev–Trinajstić information content (AvgIpc) is 2.70. The van der Waals surface area contributed by atoms with E-state index in [4.69, 9.17) is 29.3 Å². The maximum absolute atomic E-state index is 9.10. The molecule has 0 aromatic heterocycles. The van der Waals surface area contributed by atoms with Crippen LogP contribution in [0.5, 0.6) is 5.75 Å². The zero-order valence-corrected chi connectivity index (χ0v) is 18.7. The number of ether oxygens (including phenoxy) is 2. The van der Waals surface area contributed by atoms with Crippen molar-refractivity contribution in [3.8, 4) is 5.75 Å². The third kappa shape index (κ3) is 10.6. The van der Waals surface area contributed by atoms with Crippen LogP contribution < -0.4 is 4.74 Å². The molecule has 1 aliphatic rings. The van der Waals surface area contributed by atoms with Crippen molar-refractivity contribution in [3.05, 3.63) is 29.8 Å². The van der Waals surface area contributed by atoms with Crippen molar-refractivity contribution < 1.29 is 29.3 Å². The first kappa shape index (κ1) is 25.9. The molecule has 0 radical (unpaired) electrons. The number of likely N-dealkylation sites (tertiary alicyclic amines) is 1. The maximum Gasteiger partial charge on any atom is 0.414 e. The van der Waals surface area contributed by atoms with Gasteiger partial charge >= 0.3 is 11.9 Å². The number of benzene rings is 1. The highest BCUT2D eigenvalue weighted by atomic mass is 16.5. The minimum atomic E-state index is -1.82. The Morgan fingerprint density at radius 3 is 2.10 bits per heavy atom. The SMILES string of the molecule is CCC(C)c1ccc(OCCOCCN2CC(C)CC(C)C2)cc1.O=C(O)C(=O)O. The molecule has 3 unspecified atom stereocenters.